The number of oxazole rings is 1. The van der Waals surface area contributed by atoms with Gasteiger partial charge in [-0.25, -0.2) is 13.8 Å². The van der Waals surface area contributed by atoms with Crippen molar-refractivity contribution in [2.75, 3.05) is 12.3 Å². The molecular formula is C27H28F2N4O3S. The fraction of sp³-hybridized carbons (Fsp3) is 0.296. The van der Waals surface area contributed by atoms with Gasteiger partial charge in [-0.05, 0) is 53.8 Å². The number of aliphatic hydroxyl groups is 1. The van der Waals surface area contributed by atoms with Crippen LogP contribution in [0.15, 0.2) is 70.4 Å². The van der Waals surface area contributed by atoms with Crippen molar-refractivity contribution in [2.45, 2.75) is 43.7 Å². The predicted octanol–water partition coefficient (Wildman–Crippen LogP) is 4.03. The molecule has 0 aliphatic rings. The summed E-state index contributed by atoms with van der Waals surface area (Å²) in [7, 11) is 0. The van der Waals surface area contributed by atoms with E-state index in [1.807, 2.05) is 12.1 Å². The molecule has 0 bridgehead atoms. The van der Waals surface area contributed by atoms with Crippen LogP contribution in [0.2, 0.25) is 0 Å². The number of aromatic nitrogens is 2. The van der Waals surface area contributed by atoms with E-state index in [9.17, 15) is 18.7 Å². The number of aryl methyl sites for hydroxylation is 1. The molecule has 7 nitrogen and oxygen atoms in total. The summed E-state index contributed by atoms with van der Waals surface area (Å²) in [5.41, 5.74) is 3.58. The van der Waals surface area contributed by atoms with Crippen molar-refractivity contribution in [1.29, 1.82) is 0 Å². The largest absolute Gasteiger partial charge is 0.430 e. The van der Waals surface area contributed by atoms with Crippen LogP contribution in [0, 0.1) is 11.6 Å². The number of rotatable bonds is 12. The summed E-state index contributed by atoms with van der Waals surface area (Å²) in [6.45, 7) is 2.78. The van der Waals surface area contributed by atoms with Crippen LogP contribution in [0.1, 0.15) is 23.6 Å². The van der Waals surface area contributed by atoms with Crippen LogP contribution in [-0.4, -0.2) is 45.4 Å². The topological polar surface area (TPSA) is 100 Å². The van der Waals surface area contributed by atoms with Crippen LogP contribution in [0.3, 0.4) is 0 Å². The van der Waals surface area contributed by atoms with E-state index in [0.717, 1.165) is 29.8 Å². The van der Waals surface area contributed by atoms with Crippen molar-refractivity contribution in [2.24, 2.45) is 0 Å². The van der Waals surface area contributed by atoms with Crippen LogP contribution in [-0.2, 0) is 24.2 Å². The Kier molecular flexibility index (Phi) is 9.21. The average Bonchev–Trinajstić information content (AvgIpc) is 3.30. The van der Waals surface area contributed by atoms with E-state index >= 15 is 0 Å². The Morgan fingerprint density at radius 3 is 2.62 bits per heavy atom. The van der Waals surface area contributed by atoms with E-state index in [-0.39, 0.29) is 24.6 Å². The number of hydrogen-bond donors (Lipinski definition) is 3. The van der Waals surface area contributed by atoms with Crippen molar-refractivity contribution in [3.63, 3.8) is 0 Å². The van der Waals surface area contributed by atoms with Gasteiger partial charge in [-0.1, -0.05) is 43.0 Å². The van der Waals surface area contributed by atoms with E-state index in [1.165, 1.54) is 17.7 Å². The summed E-state index contributed by atoms with van der Waals surface area (Å²) in [6.07, 6.45) is 1.56. The molecule has 10 heteroatoms. The van der Waals surface area contributed by atoms with Crippen molar-refractivity contribution in [3.8, 4) is 0 Å². The lowest BCUT2D eigenvalue weighted by atomic mass is 10.0. The molecule has 37 heavy (non-hydrogen) atoms. The number of thioether (sulfide) groups is 1. The number of amides is 1. The summed E-state index contributed by atoms with van der Waals surface area (Å²) < 4.78 is 33.1. The number of nitrogens with zero attached hydrogens (tertiary/aromatic N) is 2. The van der Waals surface area contributed by atoms with Gasteiger partial charge in [0, 0.05) is 25.4 Å². The van der Waals surface area contributed by atoms with Gasteiger partial charge in [0.05, 0.1) is 17.9 Å². The SMILES string of the molecule is CCc1cccc(CNC[C@@H](O)[C@H](Cc2cc(F)cc(F)c2)NC(=O)CSc2nc3ncccc3o2)c1. The Bertz CT molecular complexity index is 1300. The number of fused-ring (bicyclic) bond motifs is 1. The molecule has 1 amide bonds. The molecule has 194 valence electrons. The zero-order chi connectivity index (χ0) is 26.2. The third-order valence-electron chi connectivity index (χ3n) is 5.74. The van der Waals surface area contributed by atoms with Crippen molar-refractivity contribution < 1.29 is 23.1 Å². The maximum absolute atomic E-state index is 13.8. The molecule has 2 atom stereocenters. The Labute approximate surface area is 217 Å². The monoisotopic (exact) mass is 526 g/mol. The highest BCUT2D eigenvalue weighted by molar-refractivity contribution is 7.99. The molecule has 0 fully saturated rings. The highest BCUT2D eigenvalue weighted by atomic mass is 32.2. The molecule has 0 saturated carbocycles. The zero-order valence-electron chi connectivity index (χ0n) is 20.3. The highest BCUT2D eigenvalue weighted by Gasteiger charge is 2.23. The lowest BCUT2D eigenvalue weighted by molar-refractivity contribution is -0.120. The molecular weight excluding hydrogens is 498 g/mol. The minimum atomic E-state index is -1.01. The molecule has 0 saturated heterocycles. The minimum Gasteiger partial charge on any atom is -0.430 e. The molecule has 0 aliphatic carbocycles. The molecule has 4 rings (SSSR count). The molecule has 0 aliphatic heterocycles. The number of pyridine rings is 1. The second-order valence-corrected chi connectivity index (χ2v) is 9.55. The van der Waals surface area contributed by atoms with Crippen LogP contribution < -0.4 is 10.6 Å². The first-order valence-corrected chi connectivity index (χ1v) is 12.9. The number of nitrogens with one attached hydrogen (secondary N) is 2. The number of benzene rings is 2. The third kappa shape index (κ3) is 7.82. The normalized spacial score (nSPS) is 13.0. The second kappa shape index (κ2) is 12.8. The van der Waals surface area contributed by atoms with Crippen molar-refractivity contribution in [3.05, 3.63) is 89.1 Å². The summed E-state index contributed by atoms with van der Waals surface area (Å²) in [5.74, 6) is -1.84. The minimum absolute atomic E-state index is 0.0230. The zero-order valence-corrected chi connectivity index (χ0v) is 21.1. The van der Waals surface area contributed by atoms with Gasteiger partial charge in [0.2, 0.25) is 5.91 Å². The lowest BCUT2D eigenvalue weighted by Crippen LogP contribution is -2.49. The molecule has 2 heterocycles. The first-order chi connectivity index (χ1) is 17.9. The number of aliphatic hydroxyl groups excluding tert-OH is 1. The predicted molar refractivity (Wildman–Crippen MR) is 138 cm³/mol. The molecule has 2 aromatic heterocycles. The van der Waals surface area contributed by atoms with Crippen molar-refractivity contribution >= 4 is 28.9 Å². The number of carbonyl (C=O) groups is 1. The molecule has 0 spiro atoms. The van der Waals surface area contributed by atoms with E-state index in [1.54, 1.807) is 18.3 Å². The summed E-state index contributed by atoms with van der Waals surface area (Å²) in [6, 6.07) is 14.0. The van der Waals surface area contributed by atoms with Gasteiger partial charge >= 0.3 is 0 Å². The summed E-state index contributed by atoms with van der Waals surface area (Å²) >= 11 is 1.09. The summed E-state index contributed by atoms with van der Waals surface area (Å²) in [5, 5.41) is 17.2. The fourth-order valence-corrected chi connectivity index (χ4v) is 4.56. The first kappa shape index (κ1) is 26.7. The average molecular weight is 527 g/mol. The number of hydrogen-bond acceptors (Lipinski definition) is 7. The molecule has 3 N–H and O–H groups in total. The smallest absolute Gasteiger partial charge is 0.258 e. The fourth-order valence-electron chi connectivity index (χ4n) is 3.92. The lowest BCUT2D eigenvalue weighted by Gasteiger charge is -2.25. The third-order valence-corrected chi connectivity index (χ3v) is 6.57. The van der Waals surface area contributed by atoms with Crippen LogP contribution in [0.4, 0.5) is 8.78 Å². The Morgan fingerprint density at radius 1 is 1.08 bits per heavy atom. The summed E-state index contributed by atoms with van der Waals surface area (Å²) in [4.78, 5) is 21.1. The van der Waals surface area contributed by atoms with Gasteiger partial charge in [-0.2, -0.15) is 4.98 Å². The van der Waals surface area contributed by atoms with Gasteiger partial charge in [-0.15, -0.1) is 0 Å². The Morgan fingerprint density at radius 2 is 1.86 bits per heavy atom. The quantitative estimate of drug-likeness (QED) is 0.240. The second-order valence-electron chi connectivity index (χ2n) is 8.62. The van der Waals surface area contributed by atoms with Gasteiger partial charge in [-0.3, -0.25) is 4.79 Å². The van der Waals surface area contributed by atoms with E-state index in [0.29, 0.717) is 28.6 Å². The van der Waals surface area contributed by atoms with Gasteiger partial charge < -0.3 is 20.2 Å². The van der Waals surface area contributed by atoms with Crippen LogP contribution in [0.5, 0.6) is 0 Å². The van der Waals surface area contributed by atoms with E-state index in [2.05, 4.69) is 39.7 Å². The highest BCUT2D eigenvalue weighted by Crippen LogP contribution is 2.22. The number of carbonyl (C=O) groups excluding carboxylic acids is 1. The van der Waals surface area contributed by atoms with Gasteiger partial charge in [0.15, 0.2) is 11.2 Å². The molecule has 0 unspecified atom stereocenters. The van der Waals surface area contributed by atoms with Crippen LogP contribution in [0.25, 0.3) is 11.2 Å². The maximum atomic E-state index is 13.8. The molecule has 4 aromatic rings. The Balaban J connectivity index is 1.38. The molecule has 2 aromatic carbocycles. The van der Waals surface area contributed by atoms with Crippen molar-refractivity contribution in [1.82, 2.24) is 20.6 Å². The van der Waals surface area contributed by atoms with E-state index in [4.69, 9.17) is 4.42 Å². The maximum Gasteiger partial charge on any atom is 0.258 e. The van der Waals surface area contributed by atoms with Gasteiger partial charge in [0.25, 0.3) is 5.22 Å². The molecule has 0 radical (unpaired) electrons. The van der Waals surface area contributed by atoms with Crippen LogP contribution >= 0.6 is 11.8 Å². The first-order valence-electron chi connectivity index (χ1n) is 11.9. The number of halogens is 2. The van der Waals surface area contributed by atoms with Gasteiger partial charge in [0.1, 0.15) is 11.6 Å². The Hall–Kier alpha value is -3.34. The van der Waals surface area contributed by atoms with E-state index < -0.39 is 23.8 Å². The standard InChI is InChI=1S/C27H28F2N4O3S/c1-2-17-5-3-6-18(9-17)14-30-15-23(34)22(12-19-10-20(28)13-21(29)11-19)32-25(35)16-37-27-33-26-24(36-27)7-4-8-31-26/h3-11,13,22-23,30,34H,2,12,14-16H2,1H3,(H,32,35)/t22-,23+/m0/s1.